The number of ketones is 1. The van der Waals surface area contributed by atoms with Gasteiger partial charge in [0, 0.05) is 18.1 Å². The standard InChI is InChI=1S/C16H14O5/c1-10-2-4-11(5-3-10)8-12-6-7-21-15(12)13(17)9-14(18)16(19)20/h2-7,9,18H,8H2,1H3,(H,19,20)/b14-9-. The molecule has 0 unspecified atom stereocenters. The van der Waals surface area contributed by atoms with E-state index in [1.54, 1.807) is 6.07 Å². The molecule has 5 heteroatoms. The highest BCUT2D eigenvalue weighted by molar-refractivity contribution is 6.06. The Kier molecular flexibility index (Phi) is 4.23. The lowest BCUT2D eigenvalue weighted by molar-refractivity contribution is -0.135. The quantitative estimate of drug-likeness (QED) is 0.501. The van der Waals surface area contributed by atoms with Crippen LogP contribution in [0.4, 0.5) is 0 Å². The lowest BCUT2D eigenvalue weighted by Gasteiger charge is -2.02. The number of aliphatic hydroxyl groups excluding tert-OH is 1. The number of benzene rings is 1. The minimum atomic E-state index is -1.56. The van der Waals surface area contributed by atoms with E-state index in [4.69, 9.17) is 14.6 Å². The first-order valence-corrected chi connectivity index (χ1v) is 6.27. The predicted molar refractivity (Wildman–Crippen MR) is 75.4 cm³/mol. The summed E-state index contributed by atoms with van der Waals surface area (Å²) < 4.78 is 5.10. The maximum atomic E-state index is 11.9. The fourth-order valence-electron chi connectivity index (χ4n) is 1.87. The van der Waals surface area contributed by atoms with E-state index in [0.29, 0.717) is 18.1 Å². The highest BCUT2D eigenvalue weighted by Crippen LogP contribution is 2.17. The second-order valence-electron chi connectivity index (χ2n) is 4.64. The average molecular weight is 286 g/mol. The van der Waals surface area contributed by atoms with Crippen LogP contribution in [0.25, 0.3) is 0 Å². The summed E-state index contributed by atoms with van der Waals surface area (Å²) in [5, 5.41) is 17.7. The molecular formula is C16H14O5. The SMILES string of the molecule is Cc1ccc(Cc2ccoc2C(=O)/C=C(\O)C(=O)O)cc1. The number of carboxylic acids is 1. The van der Waals surface area contributed by atoms with E-state index in [1.165, 1.54) is 6.26 Å². The average Bonchev–Trinajstić information content (AvgIpc) is 2.89. The Bertz CT molecular complexity index is 692. The van der Waals surface area contributed by atoms with Gasteiger partial charge >= 0.3 is 5.97 Å². The Morgan fingerprint density at radius 2 is 1.81 bits per heavy atom. The second-order valence-corrected chi connectivity index (χ2v) is 4.64. The van der Waals surface area contributed by atoms with Crippen LogP contribution in [-0.2, 0) is 11.2 Å². The number of hydrogen-bond donors (Lipinski definition) is 2. The van der Waals surface area contributed by atoms with Gasteiger partial charge in [0.15, 0.2) is 5.76 Å². The van der Waals surface area contributed by atoms with Crippen molar-refractivity contribution in [2.75, 3.05) is 0 Å². The number of hydrogen-bond acceptors (Lipinski definition) is 4. The molecule has 0 aliphatic carbocycles. The number of allylic oxidation sites excluding steroid dienone is 1. The zero-order valence-electron chi connectivity index (χ0n) is 11.4. The van der Waals surface area contributed by atoms with Crippen LogP contribution in [0, 0.1) is 6.92 Å². The molecule has 0 fully saturated rings. The molecule has 5 nitrogen and oxygen atoms in total. The highest BCUT2D eigenvalue weighted by atomic mass is 16.4. The number of carbonyl (C=O) groups excluding carboxylic acids is 1. The van der Waals surface area contributed by atoms with E-state index in [2.05, 4.69) is 0 Å². The summed E-state index contributed by atoms with van der Waals surface area (Å²) in [6.07, 6.45) is 2.49. The van der Waals surface area contributed by atoms with Crippen LogP contribution in [0.15, 0.2) is 52.8 Å². The van der Waals surface area contributed by atoms with Crippen LogP contribution in [0.1, 0.15) is 27.2 Å². The normalized spacial score (nSPS) is 11.4. The van der Waals surface area contributed by atoms with Gasteiger partial charge in [-0.3, -0.25) is 4.79 Å². The number of carbonyl (C=O) groups is 2. The van der Waals surface area contributed by atoms with Crippen LogP contribution in [0.2, 0.25) is 0 Å². The Hall–Kier alpha value is -2.82. The Morgan fingerprint density at radius 3 is 2.43 bits per heavy atom. The van der Waals surface area contributed by atoms with Crippen molar-refractivity contribution >= 4 is 11.8 Å². The van der Waals surface area contributed by atoms with Crippen LogP contribution in [-0.4, -0.2) is 22.0 Å². The number of rotatable bonds is 5. The summed E-state index contributed by atoms with van der Waals surface area (Å²) in [5.41, 5.74) is 2.78. The monoisotopic (exact) mass is 286 g/mol. The van der Waals surface area contributed by atoms with Crippen molar-refractivity contribution < 1.29 is 24.2 Å². The molecule has 0 bridgehead atoms. The maximum Gasteiger partial charge on any atom is 0.371 e. The molecule has 0 radical (unpaired) electrons. The number of furan rings is 1. The lowest BCUT2D eigenvalue weighted by Crippen LogP contribution is -2.05. The van der Waals surface area contributed by atoms with Gasteiger partial charge in [-0.2, -0.15) is 0 Å². The van der Waals surface area contributed by atoms with Gasteiger partial charge in [-0.25, -0.2) is 4.79 Å². The van der Waals surface area contributed by atoms with Crippen LogP contribution < -0.4 is 0 Å². The maximum absolute atomic E-state index is 11.9. The number of aliphatic carboxylic acids is 1. The summed E-state index contributed by atoms with van der Waals surface area (Å²) in [6, 6.07) is 9.47. The third kappa shape index (κ3) is 3.60. The number of aryl methyl sites for hydroxylation is 1. The first kappa shape index (κ1) is 14.6. The zero-order chi connectivity index (χ0) is 15.4. The minimum Gasteiger partial charge on any atom is -0.502 e. The molecule has 1 aromatic carbocycles. The third-order valence-electron chi connectivity index (χ3n) is 2.97. The number of aliphatic hydroxyl groups is 1. The Labute approximate surface area is 121 Å². The van der Waals surface area contributed by atoms with Gasteiger partial charge < -0.3 is 14.6 Å². The molecular weight excluding hydrogens is 272 g/mol. The molecule has 21 heavy (non-hydrogen) atoms. The molecule has 0 saturated heterocycles. The molecule has 1 aromatic heterocycles. The molecule has 108 valence electrons. The molecule has 0 saturated carbocycles. The molecule has 2 rings (SSSR count). The largest absolute Gasteiger partial charge is 0.502 e. The van der Waals surface area contributed by atoms with Crippen molar-refractivity contribution in [3.05, 3.63) is 70.9 Å². The van der Waals surface area contributed by atoms with Gasteiger partial charge in [0.1, 0.15) is 0 Å². The second kappa shape index (κ2) is 6.09. The van der Waals surface area contributed by atoms with E-state index < -0.39 is 17.5 Å². The molecule has 0 amide bonds. The summed E-state index contributed by atoms with van der Waals surface area (Å²) in [6.45, 7) is 1.98. The summed E-state index contributed by atoms with van der Waals surface area (Å²) in [7, 11) is 0. The smallest absolute Gasteiger partial charge is 0.371 e. The van der Waals surface area contributed by atoms with Crippen LogP contribution in [0.3, 0.4) is 0 Å². The Morgan fingerprint density at radius 1 is 1.14 bits per heavy atom. The molecule has 0 aliphatic heterocycles. The van der Waals surface area contributed by atoms with Crippen molar-refractivity contribution in [3.63, 3.8) is 0 Å². The van der Waals surface area contributed by atoms with Crippen molar-refractivity contribution in [2.24, 2.45) is 0 Å². The van der Waals surface area contributed by atoms with Crippen LogP contribution in [0.5, 0.6) is 0 Å². The van der Waals surface area contributed by atoms with E-state index in [1.807, 2.05) is 31.2 Å². The fraction of sp³-hybridized carbons (Fsp3) is 0.125. The summed E-state index contributed by atoms with van der Waals surface area (Å²) >= 11 is 0. The molecule has 0 spiro atoms. The third-order valence-corrected chi connectivity index (χ3v) is 2.97. The van der Waals surface area contributed by atoms with Crippen molar-refractivity contribution in [1.82, 2.24) is 0 Å². The predicted octanol–water partition coefficient (Wildman–Crippen LogP) is 2.89. The van der Waals surface area contributed by atoms with E-state index in [-0.39, 0.29) is 5.76 Å². The molecule has 2 N–H and O–H groups in total. The number of carboxylic acid groups (broad SMARTS) is 1. The van der Waals surface area contributed by atoms with Gasteiger partial charge in [0.05, 0.1) is 6.26 Å². The molecule has 0 aliphatic rings. The lowest BCUT2D eigenvalue weighted by atomic mass is 10.0. The minimum absolute atomic E-state index is 0.0309. The topological polar surface area (TPSA) is 87.7 Å². The van der Waals surface area contributed by atoms with E-state index in [9.17, 15) is 9.59 Å². The van der Waals surface area contributed by atoms with Gasteiger partial charge in [0.2, 0.25) is 11.5 Å². The summed E-state index contributed by atoms with van der Waals surface area (Å²) in [4.78, 5) is 22.4. The molecule has 1 heterocycles. The summed E-state index contributed by atoms with van der Waals surface area (Å²) in [5.74, 6) is -3.22. The van der Waals surface area contributed by atoms with Gasteiger partial charge in [-0.05, 0) is 18.6 Å². The van der Waals surface area contributed by atoms with Gasteiger partial charge in [-0.15, -0.1) is 0 Å². The van der Waals surface area contributed by atoms with Crippen molar-refractivity contribution in [1.29, 1.82) is 0 Å². The zero-order valence-corrected chi connectivity index (χ0v) is 11.4. The fourth-order valence-corrected chi connectivity index (χ4v) is 1.87. The van der Waals surface area contributed by atoms with Crippen LogP contribution >= 0.6 is 0 Å². The molecule has 2 aromatic rings. The van der Waals surface area contributed by atoms with Crippen molar-refractivity contribution in [3.8, 4) is 0 Å². The van der Waals surface area contributed by atoms with Crippen molar-refractivity contribution in [2.45, 2.75) is 13.3 Å². The first-order chi connectivity index (χ1) is 9.97. The Balaban J connectivity index is 2.22. The first-order valence-electron chi connectivity index (χ1n) is 6.27. The van der Waals surface area contributed by atoms with Gasteiger partial charge in [-0.1, -0.05) is 29.8 Å². The van der Waals surface area contributed by atoms with E-state index >= 15 is 0 Å². The highest BCUT2D eigenvalue weighted by Gasteiger charge is 2.16. The van der Waals surface area contributed by atoms with E-state index in [0.717, 1.165) is 11.1 Å². The van der Waals surface area contributed by atoms with Gasteiger partial charge in [0.25, 0.3) is 0 Å². The molecule has 0 atom stereocenters.